The molecule has 10 nitrogen and oxygen atoms in total. The Kier molecular flexibility index (Phi) is 5.25. The largest absolute Gasteiger partial charge is 0.494 e. The summed E-state index contributed by atoms with van der Waals surface area (Å²) in [6.45, 7) is 1.86. The summed E-state index contributed by atoms with van der Waals surface area (Å²) >= 11 is 0. The maximum Gasteiger partial charge on any atom is 0.407 e. The minimum absolute atomic E-state index is 0.0171. The van der Waals surface area contributed by atoms with Crippen LogP contribution < -0.4 is 10.3 Å². The van der Waals surface area contributed by atoms with E-state index < -0.39 is 28.4 Å². The highest BCUT2D eigenvalue weighted by Gasteiger charge is 2.34. The van der Waals surface area contributed by atoms with Crippen LogP contribution in [0.2, 0.25) is 0 Å². The first kappa shape index (κ1) is 21.2. The fraction of sp³-hybridized carbons (Fsp3) is 0.286. The van der Waals surface area contributed by atoms with Crippen LogP contribution in [0.15, 0.2) is 35.1 Å². The standard InChI is InChI=1S/C21H19FN4O6/c1-11-8-13(26(30)31)9-14-18(11)23-19(16-4-3-7-24(16)21(28)29)25(20(14)27)12-5-6-17(32-2)15(22)10-12/h5-6,8-10,16H,3-4,7H2,1-2H3,(H,28,29)/t16-/m1/s1. The van der Waals surface area contributed by atoms with Gasteiger partial charge in [-0.05, 0) is 37.5 Å². The van der Waals surface area contributed by atoms with E-state index >= 15 is 0 Å². The number of hydrogen-bond donors (Lipinski definition) is 1. The van der Waals surface area contributed by atoms with Crippen LogP contribution in [0.1, 0.15) is 30.3 Å². The first-order valence-corrected chi connectivity index (χ1v) is 9.78. The quantitative estimate of drug-likeness (QED) is 0.483. The van der Waals surface area contributed by atoms with Crippen molar-refractivity contribution in [3.63, 3.8) is 0 Å². The molecule has 0 bridgehead atoms. The number of nitro benzene ring substituents is 1. The second kappa shape index (κ2) is 7.91. The van der Waals surface area contributed by atoms with Crippen LogP contribution in [-0.2, 0) is 0 Å². The number of carbonyl (C=O) groups is 1. The van der Waals surface area contributed by atoms with Gasteiger partial charge >= 0.3 is 6.09 Å². The smallest absolute Gasteiger partial charge is 0.407 e. The maximum atomic E-state index is 14.5. The van der Waals surface area contributed by atoms with Crippen molar-refractivity contribution in [2.45, 2.75) is 25.8 Å². The SMILES string of the molecule is COc1ccc(-n2c([C@H]3CCCN3C(=O)O)nc3c(C)cc([N+](=O)[O-])cc3c2=O)cc1F. The van der Waals surface area contributed by atoms with E-state index in [1.165, 1.54) is 30.2 Å². The number of carboxylic acid groups (broad SMARTS) is 1. The fourth-order valence-corrected chi connectivity index (χ4v) is 4.10. The van der Waals surface area contributed by atoms with Gasteiger partial charge in [0.15, 0.2) is 11.6 Å². The van der Waals surface area contributed by atoms with E-state index in [4.69, 9.17) is 4.74 Å². The van der Waals surface area contributed by atoms with E-state index in [1.54, 1.807) is 6.92 Å². The van der Waals surface area contributed by atoms with Crippen molar-refractivity contribution in [1.29, 1.82) is 0 Å². The van der Waals surface area contributed by atoms with Crippen molar-refractivity contribution in [3.8, 4) is 11.4 Å². The van der Waals surface area contributed by atoms with Crippen molar-refractivity contribution in [2.24, 2.45) is 0 Å². The highest BCUT2D eigenvalue weighted by molar-refractivity contribution is 5.84. The third-order valence-corrected chi connectivity index (χ3v) is 5.58. The van der Waals surface area contributed by atoms with Gasteiger partial charge < -0.3 is 9.84 Å². The molecule has 0 saturated carbocycles. The lowest BCUT2D eigenvalue weighted by atomic mass is 10.1. The van der Waals surface area contributed by atoms with Crippen LogP contribution in [-0.4, -0.2) is 44.2 Å². The Hall–Kier alpha value is -4.02. The summed E-state index contributed by atoms with van der Waals surface area (Å²) in [5, 5.41) is 20.9. The zero-order valence-corrected chi connectivity index (χ0v) is 17.2. The monoisotopic (exact) mass is 442 g/mol. The number of nitrogens with zero attached hydrogens (tertiary/aromatic N) is 4. The number of aromatic nitrogens is 2. The minimum atomic E-state index is -1.16. The Bertz CT molecular complexity index is 1320. The Morgan fingerprint density at radius 1 is 1.34 bits per heavy atom. The van der Waals surface area contributed by atoms with Crippen molar-refractivity contribution in [1.82, 2.24) is 14.5 Å². The van der Waals surface area contributed by atoms with E-state index in [2.05, 4.69) is 4.98 Å². The number of hydrogen-bond acceptors (Lipinski definition) is 6. The van der Waals surface area contributed by atoms with Crippen LogP contribution in [0.3, 0.4) is 0 Å². The molecule has 3 aromatic rings. The van der Waals surface area contributed by atoms with Gasteiger partial charge in [0.2, 0.25) is 0 Å². The molecule has 11 heteroatoms. The number of non-ortho nitro benzene ring substituents is 1. The van der Waals surface area contributed by atoms with Gasteiger partial charge in [-0.2, -0.15) is 0 Å². The molecular weight excluding hydrogens is 423 g/mol. The van der Waals surface area contributed by atoms with Gasteiger partial charge in [-0.1, -0.05) is 0 Å². The van der Waals surface area contributed by atoms with Gasteiger partial charge in [0.25, 0.3) is 11.2 Å². The highest BCUT2D eigenvalue weighted by atomic mass is 19.1. The molecule has 4 rings (SSSR count). The van der Waals surface area contributed by atoms with Gasteiger partial charge in [-0.3, -0.25) is 24.4 Å². The number of nitro groups is 1. The predicted molar refractivity (Wildman–Crippen MR) is 112 cm³/mol. The molecule has 1 atom stereocenters. The van der Waals surface area contributed by atoms with Gasteiger partial charge in [-0.15, -0.1) is 0 Å². The summed E-state index contributed by atoms with van der Waals surface area (Å²) in [5.41, 5.74) is -0.182. The van der Waals surface area contributed by atoms with E-state index in [9.17, 15) is 29.2 Å². The van der Waals surface area contributed by atoms with Gasteiger partial charge in [0, 0.05) is 24.7 Å². The zero-order valence-electron chi connectivity index (χ0n) is 17.2. The summed E-state index contributed by atoms with van der Waals surface area (Å²) in [6.07, 6.45) is -0.162. The van der Waals surface area contributed by atoms with Crippen LogP contribution in [0.25, 0.3) is 16.6 Å². The lowest BCUT2D eigenvalue weighted by Crippen LogP contribution is -2.34. The van der Waals surface area contributed by atoms with Gasteiger partial charge in [-0.25, -0.2) is 14.2 Å². The molecule has 32 heavy (non-hydrogen) atoms. The lowest BCUT2D eigenvalue weighted by Gasteiger charge is -2.24. The molecule has 2 aromatic carbocycles. The Labute approximate surface area is 180 Å². The van der Waals surface area contributed by atoms with E-state index in [-0.39, 0.29) is 40.4 Å². The predicted octanol–water partition coefficient (Wildman–Crippen LogP) is 3.56. The molecule has 0 aliphatic carbocycles. The Balaban J connectivity index is 2.07. The number of amides is 1. The number of aryl methyl sites for hydroxylation is 1. The molecule has 0 spiro atoms. The number of fused-ring (bicyclic) bond motifs is 1. The normalized spacial score (nSPS) is 15.8. The molecule has 0 unspecified atom stereocenters. The molecule has 1 amide bonds. The molecule has 1 aliphatic heterocycles. The Morgan fingerprint density at radius 2 is 2.09 bits per heavy atom. The summed E-state index contributed by atoms with van der Waals surface area (Å²) in [6, 6.07) is 5.57. The number of likely N-dealkylation sites (tertiary alicyclic amines) is 1. The molecule has 166 valence electrons. The van der Waals surface area contributed by atoms with E-state index in [0.717, 1.165) is 16.7 Å². The number of benzene rings is 2. The zero-order chi connectivity index (χ0) is 23.2. The first-order valence-electron chi connectivity index (χ1n) is 9.78. The topological polar surface area (TPSA) is 128 Å². The van der Waals surface area contributed by atoms with E-state index in [1.807, 2.05) is 0 Å². The fourth-order valence-electron chi connectivity index (χ4n) is 4.10. The molecule has 1 aliphatic rings. The summed E-state index contributed by atoms with van der Waals surface area (Å²) in [4.78, 5) is 41.8. The molecular formula is C21H19FN4O6. The minimum Gasteiger partial charge on any atom is -0.494 e. The number of methoxy groups -OCH3 is 1. The van der Waals surface area contributed by atoms with Crippen molar-refractivity contribution >= 4 is 22.7 Å². The van der Waals surface area contributed by atoms with Crippen molar-refractivity contribution < 1.29 is 24.0 Å². The third kappa shape index (κ3) is 3.41. The van der Waals surface area contributed by atoms with Crippen molar-refractivity contribution in [2.75, 3.05) is 13.7 Å². The molecule has 0 radical (unpaired) electrons. The number of ether oxygens (including phenoxy) is 1. The van der Waals surface area contributed by atoms with E-state index in [0.29, 0.717) is 18.4 Å². The molecule has 1 aromatic heterocycles. The first-order chi connectivity index (χ1) is 15.2. The summed E-state index contributed by atoms with van der Waals surface area (Å²) < 4.78 is 20.5. The molecule has 2 heterocycles. The highest BCUT2D eigenvalue weighted by Crippen LogP contribution is 2.33. The maximum absolute atomic E-state index is 14.5. The van der Waals surface area contributed by atoms with Gasteiger partial charge in [0.1, 0.15) is 5.82 Å². The lowest BCUT2D eigenvalue weighted by molar-refractivity contribution is -0.384. The number of halogens is 1. The second-order valence-corrected chi connectivity index (χ2v) is 7.48. The second-order valence-electron chi connectivity index (χ2n) is 7.48. The number of rotatable bonds is 4. The van der Waals surface area contributed by atoms with Crippen LogP contribution in [0.4, 0.5) is 14.9 Å². The summed E-state index contributed by atoms with van der Waals surface area (Å²) in [5.74, 6) is -0.625. The Morgan fingerprint density at radius 3 is 2.72 bits per heavy atom. The van der Waals surface area contributed by atoms with Gasteiger partial charge in [0.05, 0.1) is 34.7 Å². The molecule has 1 fully saturated rings. The van der Waals surface area contributed by atoms with Crippen LogP contribution in [0, 0.1) is 22.9 Å². The average molecular weight is 442 g/mol. The molecule has 1 N–H and O–H groups in total. The summed E-state index contributed by atoms with van der Waals surface area (Å²) in [7, 11) is 1.30. The van der Waals surface area contributed by atoms with Crippen LogP contribution in [0.5, 0.6) is 5.75 Å². The van der Waals surface area contributed by atoms with Crippen LogP contribution >= 0.6 is 0 Å². The molecule has 1 saturated heterocycles. The third-order valence-electron chi connectivity index (χ3n) is 5.58. The van der Waals surface area contributed by atoms with Crippen molar-refractivity contribution in [3.05, 3.63) is 68.0 Å². The average Bonchev–Trinajstić information content (AvgIpc) is 3.24.